The van der Waals surface area contributed by atoms with E-state index in [0.29, 0.717) is 61.4 Å². The van der Waals surface area contributed by atoms with E-state index in [9.17, 15) is 13.2 Å². The van der Waals surface area contributed by atoms with Crippen LogP contribution in [0.15, 0.2) is 41.3 Å². The van der Waals surface area contributed by atoms with Gasteiger partial charge in [-0.05, 0) is 62.2 Å². The van der Waals surface area contributed by atoms with Crippen LogP contribution in [0.3, 0.4) is 0 Å². The molecule has 1 fully saturated rings. The zero-order chi connectivity index (χ0) is 23.6. The second-order valence-corrected chi connectivity index (χ2v) is 10.6. The normalized spacial score (nSPS) is 20.9. The Labute approximate surface area is 198 Å². The number of halogens is 1. The van der Waals surface area contributed by atoms with Crippen LogP contribution in [0.1, 0.15) is 29.8 Å². The van der Waals surface area contributed by atoms with Gasteiger partial charge in [0.05, 0.1) is 22.1 Å². The fraction of sp³-hybridized carbons (Fsp3) is 0.435. The maximum absolute atomic E-state index is 13.0. The molecule has 0 aromatic heterocycles. The van der Waals surface area contributed by atoms with Crippen molar-refractivity contribution in [2.45, 2.75) is 37.4 Å². The molecule has 4 rings (SSSR count). The number of fused-ring (bicyclic) bond motifs is 1. The van der Waals surface area contributed by atoms with Crippen molar-refractivity contribution in [3.05, 3.63) is 52.5 Å². The minimum atomic E-state index is -3.65. The Morgan fingerprint density at radius 3 is 2.45 bits per heavy atom. The molecule has 1 saturated heterocycles. The number of amides is 1. The van der Waals surface area contributed by atoms with Gasteiger partial charge in [-0.2, -0.15) is 4.31 Å². The summed E-state index contributed by atoms with van der Waals surface area (Å²) in [4.78, 5) is 12.7. The molecule has 1 N–H and O–H groups in total. The summed E-state index contributed by atoms with van der Waals surface area (Å²) in [6.07, 6.45) is 0.220. The number of nitrogens with one attached hydrogen (secondary N) is 1. The number of rotatable bonds is 6. The molecule has 1 amide bonds. The predicted molar refractivity (Wildman–Crippen MR) is 124 cm³/mol. The number of hydrogen-bond acceptors (Lipinski definition) is 6. The van der Waals surface area contributed by atoms with Crippen LogP contribution < -0.4 is 14.8 Å². The van der Waals surface area contributed by atoms with Gasteiger partial charge >= 0.3 is 0 Å². The molecule has 2 aliphatic rings. The highest BCUT2D eigenvalue weighted by Crippen LogP contribution is 2.38. The third-order valence-corrected chi connectivity index (χ3v) is 7.62. The molecule has 10 heteroatoms. The van der Waals surface area contributed by atoms with E-state index in [1.807, 2.05) is 19.9 Å². The van der Waals surface area contributed by atoms with Crippen molar-refractivity contribution in [2.24, 2.45) is 0 Å². The molecule has 0 bridgehead atoms. The maximum atomic E-state index is 13.0. The number of nitrogens with zero attached hydrogens (tertiary/aromatic N) is 1. The van der Waals surface area contributed by atoms with E-state index in [2.05, 4.69) is 5.32 Å². The number of carbonyl (C=O) groups is 1. The van der Waals surface area contributed by atoms with E-state index < -0.39 is 10.0 Å². The largest absolute Gasteiger partial charge is 0.486 e. The van der Waals surface area contributed by atoms with Crippen LogP contribution in [0.2, 0.25) is 5.02 Å². The SMILES string of the molecule is CC1CN(S(=O)(=O)c2ccc(C(=O)NCCc3cc(Cl)c4c(c3)OCCO4)cc2)CC(C)O1. The van der Waals surface area contributed by atoms with Crippen LogP contribution in [0.5, 0.6) is 11.5 Å². The summed E-state index contributed by atoms with van der Waals surface area (Å²) < 4.78 is 44.1. The molecule has 0 aliphatic carbocycles. The van der Waals surface area contributed by atoms with Crippen LogP contribution in [-0.2, 0) is 21.2 Å². The van der Waals surface area contributed by atoms with E-state index in [-0.39, 0.29) is 23.0 Å². The zero-order valence-corrected chi connectivity index (χ0v) is 20.1. The Bertz CT molecular complexity index is 1110. The van der Waals surface area contributed by atoms with Crippen LogP contribution in [-0.4, -0.2) is 63.7 Å². The van der Waals surface area contributed by atoms with Crippen molar-refractivity contribution in [3.8, 4) is 11.5 Å². The Morgan fingerprint density at radius 2 is 1.76 bits per heavy atom. The average molecular weight is 495 g/mol. The van der Waals surface area contributed by atoms with E-state index in [1.165, 1.54) is 28.6 Å². The molecule has 2 unspecified atom stereocenters. The van der Waals surface area contributed by atoms with Gasteiger partial charge in [-0.3, -0.25) is 4.79 Å². The summed E-state index contributed by atoms with van der Waals surface area (Å²) in [6, 6.07) is 9.64. The molecular weight excluding hydrogens is 468 g/mol. The lowest BCUT2D eigenvalue weighted by molar-refractivity contribution is -0.0440. The maximum Gasteiger partial charge on any atom is 0.251 e. The summed E-state index contributed by atoms with van der Waals surface area (Å²) in [6.45, 7) is 5.64. The van der Waals surface area contributed by atoms with Gasteiger partial charge in [-0.15, -0.1) is 0 Å². The third kappa shape index (κ3) is 5.43. The first-order valence-electron chi connectivity index (χ1n) is 10.9. The van der Waals surface area contributed by atoms with Gasteiger partial charge in [0.1, 0.15) is 13.2 Å². The molecule has 8 nitrogen and oxygen atoms in total. The molecule has 0 saturated carbocycles. The van der Waals surface area contributed by atoms with Crippen LogP contribution in [0, 0.1) is 0 Å². The molecule has 178 valence electrons. The van der Waals surface area contributed by atoms with E-state index in [0.717, 1.165) is 5.56 Å². The van der Waals surface area contributed by atoms with Crippen LogP contribution >= 0.6 is 11.6 Å². The zero-order valence-electron chi connectivity index (χ0n) is 18.5. The highest BCUT2D eigenvalue weighted by molar-refractivity contribution is 7.89. The van der Waals surface area contributed by atoms with Gasteiger partial charge in [0, 0.05) is 25.2 Å². The first-order valence-corrected chi connectivity index (χ1v) is 12.7. The van der Waals surface area contributed by atoms with Crippen LogP contribution in [0.4, 0.5) is 0 Å². The van der Waals surface area contributed by atoms with Gasteiger partial charge in [-0.1, -0.05) is 11.6 Å². The first kappa shape index (κ1) is 23.8. The summed E-state index contributed by atoms with van der Waals surface area (Å²) in [7, 11) is -3.65. The lowest BCUT2D eigenvalue weighted by Gasteiger charge is -2.34. The molecule has 2 atom stereocenters. The Kier molecular flexibility index (Phi) is 7.13. The number of ether oxygens (including phenoxy) is 3. The summed E-state index contributed by atoms with van der Waals surface area (Å²) >= 11 is 6.26. The van der Waals surface area contributed by atoms with Gasteiger partial charge in [0.25, 0.3) is 5.91 Å². The first-order chi connectivity index (χ1) is 15.7. The fourth-order valence-electron chi connectivity index (χ4n) is 3.99. The second kappa shape index (κ2) is 9.89. The molecule has 2 aliphatic heterocycles. The van der Waals surface area contributed by atoms with Crippen molar-refractivity contribution < 1.29 is 27.4 Å². The Hall–Kier alpha value is -2.33. The highest BCUT2D eigenvalue weighted by Gasteiger charge is 2.32. The minimum absolute atomic E-state index is 0.159. The molecule has 33 heavy (non-hydrogen) atoms. The van der Waals surface area contributed by atoms with Gasteiger partial charge < -0.3 is 19.5 Å². The second-order valence-electron chi connectivity index (χ2n) is 8.21. The molecule has 2 aromatic rings. The lowest BCUT2D eigenvalue weighted by Crippen LogP contribution is -2.48. The number of hydrogen-bond donors (Lipinski definition) is 1. The topological polar surface area (TPSA) is 94.2 Å². The van der Waals surface area contributed by atoms with Crippen molar-refractivity contribution in [1.82, 2.24) is 9.62 Å². The quantitative estimate of drug-likeness (QED) is 0.663. The molecule has 0 radical (unpaired) electrons. The van der Waals surface area contributed by atoms with Gasteiger partial charge in [0.15, 0.2) is 11.5 Å². The number of sulfonamides is 1. The molecule has 2 aromatic carbocycles. The predicted octanol–water partition coefficient (Wildman–Crippen LogP) is 2.88. The van der Waals surface area contributed by atoms with E-state index >= 15 is 0 Å². The summed E-state index contributed by atoms with van der Waals surface area (Å²) in [5, 5.41) is 3.33. The number of carbonyl (C=O) groups excluding carboxylic acids is 1. The van der Waals surface area contributed by atoms with E-state index in [1.54, 1.807) is 6.07 Å². The smallest absolute Gasteiger partial charge is 0.251 e. The average Bonchev–Trinajstić information content (AvgIpc) is 2.78. The molecular formula is C23H27ClN2O6S. The fourth-order valence-corrected chi connectivity index (χ4v) is 5.86. The summed E-state index contributed by atoms with van der Waals surface area (Å²) in [5.74, 6) is 0.874. The monoisotopic (exact) mass is 494 g/mol. The van der Waals surface area contributed by atoms with Gasteiger partial charge in [0.2, 0.25) is 10.0 Å². The number of morpholine rings is 1. The number of benzene rings is 2. The van der Waals surface area contributed by atoms with E-state index in [4.69, 9.17) is 25.8 Å². The Morgan fingerprint density at radius 1 is 1.09 bits per heavy atom. The lowest BCUT2D eigenvalue weighted by atomic mass is 10.1. The highest BCUT2D eigenvalue weighted by atomic mass is 35.5. The van der Waals surface area contributed by atoms with Gasteiger partial charge in [-0.25, -0.2) is 8.42 Å². The van der Waals surface area contributed by atoms with Crippen molar-refractivity contribution >= 4 is 27.5 Å². The molecule has 2 heterocycles. The third-order valence-electron chi connectivity index (χ3n) is 5.50. The standard InChI is InChI=1S/C23H27ClN2O6S/c1-15-13-26(14-16(2)32-15)33(28,29)19-5-3-18(4-6-19)23(27)25-8-7-17-11-20(24)22-21(12-17)30-9-10-31-22/h3-6,11-12,15-16H,7-10,13-14H2,1-2H3,(H,25,27). The van der Waals surface area contributed by atoms with Crippen molar-refractivity contribution in [1.29, 1.82) is 0 Å². The van der Waals surface area contributed by atoms with Crippen LogP contribution in [0.25, 0.3) is 0 Å². The van der Waals surface area contributed by atoms with Crippen molar-refractivity contribution in [2.75, 3.05) is 32.8 Å². The summed E-state index contributed by atoms with van der Waals surface area (Å²) in [5.41, 5.74) is 1.30. The van der Waals surface area contributed by atoms with Crippen molar-refractivity contribution in [3.63, 3.8) is 0 Å². The Balaban J connectivity index is 1.35. The minimum Gasteiger partial charge on any atom is -0.486 e. The molecule has 0 spiro atoms.